The van der Waals surface area contributed by atoms with Gasteiger partial charge >= 0.3 is 0 Å². The standard InChI is InChI=1S/C15H17N3S2/c1-18-8-7-17-15(18)14(13-3-2-9-20-13)16-6-4-12-5-10-19-11-12/h2-3,5,7-11,14,16H,4,6H2,1H3. The van der Waals surface area contributed by atoms with Crippen molar-refractivity contribution in [3.05, 3.63) is 63.0 Å². The fourth-order valence-electron chi connectivity index (χ4n) is 2.23. The summed E-state index contributed by atoms with van der Waals surface area (Å²) in [6, 6.07) is 6.62. The van der Waals surface area contributed by atoms with Gasteiger partial charge in [0, 0.05) is 30.9 Å². The first-order valence-electron chi connectivity index (χ1n) is 6.59. The number of hydrogen-bond acceptors (Lipinski definition) is 4. The summed E-state index contributed by atoms with van der Waals surface area (Å²) >= 11 is 3.53. The predicted molar refractivity (Wildman–Crippen MR) is 85.4 cm³/mol. The summed E-state index contributed by atoms with van der Waals surface area (Å²) in [5.74, 6) is 1.07. The lowest BCUT2D eigenvalue weighted by molar-refractivity contribution is 0.567. The van der Waals surface area contributed by atoms with Crippen LogP contribution in [0.15, 0.2) is 46.7 Å². The second kappa shape index (κ2) is 6.35. The molecule has 0 aliphatic rings. The summed E-state index contributed by atoms with van der Waals surface area (Å²) in [7, 11) is 2.05. The summed E-state index contributed by atoms with van der Waals surface area (Å²) in [4.78, 5) is 5.81. The molecular weight excluding hydrogens is 286 g/mol. The summed E-state index contributed by atoms with van der Waals surface area (Å²) in [5.41, 5.74) is 1.40. The Balaban J connectivity index is 1.72. The minimum absolute atomic E-state index is 0.175. The van der Waals surface area contributed by atoms with Gasteiger partial charge in [-0.05, 0) is 40.3 Å². The second-order valence-electron chi connectivity index (χ2n) is 4.68. The van der Waals surface area contributed by atoms with Gasteiger partial charge in [-0.15, -0.1) is 11.3 Å². The highest BCUT2D eigenvalue weighted by molar-refractivity contribution is 7.10. The van der Waals surface area contributed by atoms with E-state index in [0.29, 0.717) is 0 Å². The Bertz CT molecular complexity index is 626. The number of hydrogen-bond donors (Lipinski definition) is 1. The fraction of sp³-hybridized carbons (Fsp3) is 0.267. The molecule has 3 aromatic heterocycles. The Labute approximate surface area is 126 Å². The first-order valence-corrected chi connectivity index (χ1v) is 8.42. The highest BCUT2D eigenvalue weighted by Crippen LogP contribution is 2.24. The molecule has 3 aromatic rings. The third-order valence-electron chi connectivity index (χ3n) is 3.29. The van der Waals surface area contributed by atoms with Crippen LogP contribution in [-0.2, 0) is 13.5 Å². The first-order chi connectivity index (χ1) is 9.84. The van der Waals surface area contributed by atoms with Crippen LogP contribution in [0.3, 0.4) is 0 Å². The molecule has 1 unspecified atom stereocenters. The monoisotopic (exact) mass is 303 g/mol. The maximum atomic E-state index is 4.50. The Morgan fingerprint density at radius 3 is 2.95 bits per heavy atom. The molecule has 0 saturated carbocycles. The van der Waals surface area contributed by atoms with E-state index in [1.54, 1.807) is 22.7 Å². The van der Waals surface area contributed by atoms with Gasteiger partial charge in [0.15, 0.2) is 0 Å². The molecule has 0 aliphatic carbocycles. The molecular formula is C15H17N3S2. The first kappa shape index (κ1) is 13.5. The summed E-state index contributed by atoms with van der Waals surface area (Å²) in [5, 5.41) is 10.1. The van der Waals surface area contributed by atoms with E-state index in [4.69, 9.17) is 0 Å². The number of imidazole rings is 1. The van der Waals surface area contributed by atoms with E-state index in [1.165, 1.54) is 10.4 Å². The van der Waals surface area contributed by atoms with Gasteiger partial charge in [0.1, 0.15) is 11.9 Å². The molecule has 0 amide bonds. The van der Waals surface area contributed by atoms with Gasteiger partial charge in [0.25, 0.3) is 0 Å². The van der Waals surface area contributed by atoms with Crippen LogP contribution in [0.1, 0.15) is 22.3 Å². The number of rotatable bonds is 6. The van der Waals surface area contributed by atoms with E-state index < -0.39 is 0 Å². The average Bonchev–Trinajstić information content (AvgIpc) is 3.18. The van der Waals surface area contributed by atoms with Crippen LogP contribution in [0.25, 0.3) is 0 Å². The molecule has 0 saturated heterocycles. The van der Waals surface area contributed by atoms with Crippen molar-refractivity contribution in [1.82, 2.24) is 14.9 Å². The molecule has 3 rings (SSSR count). The number of nitrogens with zero attached hydrogens (tertiary/aromatic N) is 2. The summed E-state index contributed by atoms with van der Waals surface area (Å²) < 4.78 is 2.09. The highest BCUT2D eigenvalue weighted by atomic mass is 32.1. The third-order valence-corrected chi connectivity index (χ3v) is 4.96. The predicted octanol–water partition coefficient (Wildman–Crippen LogP) is 3.46. The molecule has 0 spiro atoms. The number of aryl methyl sites for hydroxylation is 1. The van der Waals surface area contributed by atoms with E-state index in [2.05, 4.69) is 49.2 Å². The molecule has 0 radical (unpaired) electrons. The molecule has 0 aromatic carbocycles. The number of nitrogens with one attached hydrogen (secondary N) is 1. The highest BCUT2D eigenvalue weighted by Gasteiger charge is 2.18. The third kappa shape index (κ3) is 3.00. The molecule has 104 valence electrons. The molecule has 3 nitrogen and oxygen atoms in total. The van der Waals surface area contributed by atoms with Crippen molar-refractivity contribution in [1.29, 1.82) is 0 Å². The topological polar surface area (TPSA) is 29.9 Å². The van der Waals surface area contributed by atoms with Crippen molar-refractivity contribution in [2.45, 2.75) is 12.5 Å². The van der Waals surface area contributed by atoms with Crippen LogP contribution in [0.2, 0.25) is 0 Å². The van der Waals surface area contributed by atoms with Gasteiger partial charge < -0.3 is 9.88 Å². The number of aromatic nitrogens is 2. The zero-order valence-electron chi connectivity index (χ0n) is 11.3. The Morgan fingerprint density at radius 1 is 1.35 bits per heavy atom. The van der Waals surface area contributed by atoms with Gasteiger partial charge in [0.2, 0.25) is 0 Å². The van der Waals surface area contributed by atoms with Gasteiger partial charge in [-0.25, -0.2) is 4.98 Å². The van der Waals surface area contributed by atoms with Crippen molar-refractivity contribution in [3.8, 4) is 0 Å². The molecule has 1 atom stereocenters. The van der Waals surface area contributed by atoms with Crippen molar-refractivity contribution < 1.29 is 0 Å². The van der Waals surface area contributed by atoms with Crippen molar-refractivity contribution >= 4 is 22.7 Å². The lowest BCUT2D eigenvalue weighted by Crippen LogP contribution is -2.26. The van der Waals surface area contributed by atoms with E-state index >= 15 is 0 Å². The van der Waals surface area contributed by atoms with Gasteiger partial charge in [-0.1, -0.05) is 6.07 Å². The quantitative estimate of drug-likeness (QED) is 0.756. The Morgan fingerprint density at radius 2 is 2.30 bits per heavy atom. The van der Waals surface area contributed by atoms with Crippen molar-refractivity contribution in [2.75, 3.05) is 6.54 Å². The van der Waals surface area contributed by atoms with E-state index in [9.17, 15) is 0 Å². The molecule has 5 heteroatoms. The molecule has 0 aliphatic heterocycles. The molecule has 1 N–H and O–H groups in total. The van der Waals surface area contributed by atoms with Gasteiger partial charge in [0.05, 0.1) is 0 Å². The summed E-state index contributed by atoms with van der Waals surface area (Å²) in [6.45, 7) is 0.951. The second-order valence-corrected chi connectivity index (χ2v) is 6.44. The van der Waals surface area contributed by atoms with Gasteiger partial charge in [-0.2, -0.15) is 11.3 Å². The maximum absolute atomic E-state index is 4.50. The van der Waals surface area contributed by atoms with E-state index in [1.807, 2.05) is 19.4 Å². The normalized spacial score (nSPS) is 12.7. The fourth-order valence-corrected chi connectivity index (χ4v) is 3.73. The van der Waals surface area contributed by atoms with Crippen LogP contribution < -0.4 is 5.32 Å². The zero-order valence-corrected chi connectivity index (χ0v) is 13.0. The van der Waals surface area contributed by atoms with E-state index in [0.717, 1.165) is 18.8 Å². The van der Waals surface area contributed by atoms with Crippen molar-refractivity contribution in [3.63, 3.8) is 0 Å². The lowest BCUT2D eigenvalue weighted by Gasteiger charge is -2.17. The summed E-state index contributed by atoms with van der Waals surface area (Å²) in [6.07, 6.45) is 4.91. The minimum atomic E-state index is 0.175. The average molecular weight is 303 g/mol. The molecule has 3 heterocycles. The molecule has 0 fully saturated rings. The smallest absolute Gasteiger partial charge is 0.131 e. The molecule has 20 heavy (non-hydrogen) atoms. The minimum Gasteiger partial charge on any atom is -0.336 e. The van der Waals surface area contributed by atoms with E-state index in [-0.39, 0.29) is 6.04 Å². The van der Waals surface area contributed by atoms with Gasteiger partial charge in [-0.3, -0.25) is 0 Å². The largest absolute Gasteiger partial charge is 0.336 e. The molecule has 0 bridgehead atoms. The van der Waals surface area contributed by atoms with Crippen molar-refractivity contribution in [2.24, 2.45) is 7.05 Å². The van der Waals surface area contributed by atoms with Crippen LogP contribution in [0, 0.1) is 0 Å². The van der Waals surface area contributed by atoms with Crippen LogP contribution in [0.5, 0.6) is 0 Å². The SMILES string of the molecule is Cn1ccnc1C(NCCc1ccsc1)c1cccs1. The Hall–Kier alpha value is -1.43. The van der Waals surface area contributed by atoms with Crippen LogP contribution in [-0.4, -0.2) is 16.1 Å². The lowest BCUT2D eigenvalue weighted by atomic mass is 10.2. The maximum Gasteiger partial charge on any atom is 0.131 e. The number of thiophene rings is 2. The Kier molecular flexibility index (Phi) is 4.30. The zero-order chi connectivity index (χ0) is 13.8. The van der Waals surface area contributed by atoms with Crippen LogP contribution in [0.4, 0.5) is 0 Å². The van der Waals surface area contributed by atoms with Crippen LogP contribution >= 0.6 is 22.7 Å².